The van der Waals surface area contributed by atoms with E-state index in [-0.39, 0.29) is 0 Å². The zero-order valence-corrected chi connectivity index (χ0v) is 76.7. The van der Waals surface area contributed by atoms with E-state index in [0.717, 1.165) is 128 Å². The van der Waals surface area contributed by atoms with Gasteiger partial charge < -0.3 is 9.13 Å². The fourth-order valence-electron chi connectivity index (χ4n) is 20.8. The van der Waals surface area contributed by atoms with Gasteiger partial charge in [0.05, 0.1) is 66.4 Å². The van der Waals surface area contributed by atoms with Crippen molar-refractivity contribution in [2.75, 3.05) is 0 Å². The van der Waals surface area contributed by atoms with E-state index in [1.807, 2.05) is 34.0 Å². The van der Waals surface area contributed by atoms with Gasteiger partial charge in [0.1, 0.15) is 5.82 Å². The standard InChI is InChI=1S/2C44H27N3S.C38H23N3S/c1-3-12-28(13-4-1)29-14-11-15-31(26-29)44-45-36-23-25-40-41(34-19-8-10-21-39(34)48-40)42(36)43(46-44)30-22-24-38-35(27-30)33-18-7-9-20-37(33)47(38)32-16-5-2-6-17-32;1-2-12-28(13-3-1)29-14-10-15-30(26-29)31-16-11-17-32(27-31)43-45-36-24-25-40-41(35-20-6-9-23-39(35)48-40)42(36)44(46-43)47-37-21-7-4-18-33(37)34-19-5-8-22-38(34)47;1-3-11-24(12-4-1)37-36-30(20-22-34-35(36)28-16-8-10-18-33(28)42-34)39-38(40-37)25-19-21-32-29(23-25)27-15-7-9-17-31(27)41(32)26-13-5-2-6-14-26/h2*1-27H;1-23H. The van der Waals surface area contributed by atoms with E-state index >= 15 is 0 Å². The van der Waals surface area contributed by atoms with Gasteiger partial charge in [0, 0.05) is 143 Å². The molecule has 20 aromatic carbocycles. The normalized spacial score (nSPS) is 11.8. The number of fused-ring (bicyclic) bond motifs is 24. The van der Waals surface area contributed by atoms with Gasteiger partial charge in [-0.1, -0.05) is 315 Å². The monoisotopic (exact) mass is 1810 g/mol. The number of thiophene rings is 3. The van der Waals surface area contributed by atoms with Gasteiger partial charge in [-0.2, -0.15) is 0 Å². The minimum Gasteiger partial charge on any atom is -0.309 e. The van der Waals surface area contributed by atoms with E-state index in [1.165, 1.54) is 132 Å². The molecule has 0 saturated carbocycles. The molecule has 0 bridgehead atoms. The molecule has 138 heavy (non-hydrogen) atoms. The Bertz CT molecular complexity index is 9880. The summed E-state index contributed by atoms with van der Waals surface area (Å²) in [5.41, 5.74) is 26.2. The average molecular weight is 1810 g/mol. The van der Waals surface area contributed by atoms with Crippen molar-refractivity contribution in [3.8, 4) is 107 Å². The summed E-state index contributed by atoms with van der Waals surface area (Å²) < 4.78 is 14.6. The highest BCUT2D eigenvalue weighted by atomic mass is 32.1. The lowest BCUT2D eigenvalue weighted by molar-refractivity contribution is 1.08. The number of nitrogens with zero attached hydrogens (tertiary/aromatic N) is 9. The number of hydrogen-bond donors (Lipinski definition) is 0. The van der Waals surface area contributed by atoms with Crippen LogP contribution in [0.4, 0.5) is 0 Å². The van der Waals surface area contributed by atoms with Crippen LogP contribution in [0.3, 0.4) is 0 Å². The molecule has 0 saturated heterocycles. The Kier molecular flexibility index (Phi) is 19.3. The molecule has 0 aliphatic rings. The maximum atomic E-state index is 5.51. The third-order valence-electron chi connectivity index (χ3n) is 27.0. The molecule has 0 aliphatic heterocycles. The van der Waals surface area contributed by atoms with Crippen LogP contribution in [0.25, 0.3) is 266 Å². The first-order valence-corrected chi connectivity index (χ1v) is 48.9. The zero-order valence-electron chi connectivity index (χ0n) is 74.2. The van der Waals surface area contributed by atoms with Gasteiger partial charge in [-0.05, 0) is 185 Å². The molecule has 29 aromatic rings. The smallest absolute Gasteiger partial charge is 0.162 e. The molecule has 0 atom stereocenters. The van der Waals surface area contributed by atoms with Gasteiger partial charge in [0.15, 0.2) is 17.5 Å². The maximum Gasteiger partial charge on any atom is 0.162 e. The third-order valence-corrected chi connectivity index (χ3v) is 30.4. The summed E-state index contributed by atoms with van der Waals surface area (Å²) in [5.74, 6) is 3.07. The van der Waals surface area contributed by atoms with Crippen molar-refractivity contribution in [2.24, 2.45) is 0 Å². The van der Waals surface area contributed by atoms with Gasteiger partial charge in [-0.25, -0.2) is 29.9 Å². The lowest BCUT2D eigenvalue weighted by Gasteiger charge is -2.14. The van der Waals surface area contributed by atoms with Crippen molar-refractivity contribution in [2.45, 2.75) is 0 Å². The van der Waals surface area contributed by atoms with E-state index in [4.69, 9.17) is 29.9 Å². The summed E-state index contributed by atoms with van der Waals surface area (Å²) in [6.45, 7) is 0. The van der Waals surface area contributed by atoms with Crippen LogP contribution in [0.5, 0.6) is 0 Å². The largest absolute Gasteiger partial charge is 0.309 e. The zero-order chi connectivity index (χ0) is 90.8. The second kappa shape index (κ2) is 33.3. The first-order valence-electron chi connectivity index (χ1n) is 46.4. The SMILES string of the molecule is c1ccc(-c2cccc(-c3cccc(-c4nc(-n5c6ccccc6c6ccccc65)c5c(ccc6sc7ccccc7c65)n4)c3)c2)cc1.c1ccc(-c2cccc(-c3nc(-c4ccc5c(c4)c4ccccc4n5-c4ccccc4)c4c(ccc5sc6ccccc6c54)n3)c2)cc1.c1ccc(-c2nc(-c3ccc4c(c3)c3ccccc3n4-c3ccccc3)nc3ccc4sc5ccccc5c4c23)cc1. The molecule has 12 heteroatoms. The van der Waals surface area contributed by atoms with Crippen LogP contribution in [0.1, 0.15) is 0 Å². The topological polar surface area (TPSA) is 92.1 Å². The molecule has 0 radical (unpaired) electrons. The maximum absolute atomic E-state index is 5.51. The summed E-state index contributed by atoms with van der Waals surface area (Å²) in [6.07, 6.45) is 0. The highest BCUT2D eigenvalue weighted by Gasteiger charge is 2.27. The molecule has 0 spiro atoms. The first-order chi connectivity index (χ1) is 68.4. The molecule has 0 fully saturated rings. The Morgan fingerprint density at radius 3 is 0.862 bits per heavy atom. The minimum absolute atomic E-state index is 0.708. The Morgan fingerprint density at radius 2 is 0.435 bits per heavy atom. The molecule has 0 unspecified atom stereocenters. The van der Waals surface area contributed by atoms with Crippen LogP contribution in [-0.4, -0.2) is 43.6 Å². The van der Waals surface area contributed by atoms with E-state index in [9.17, 15) is 0 Å². The summed E-state index contributed by atoms with van der Waals surface area (Å²) in [6, 6.07) is 166. The fraction of sp³-hybridized carbons (Fsp3) is 0. The predicted molar refractivity (Wildman–Crippen MR) is 584 cm³/mol. The fourth-order valence-corrected chi connectivity index (χ4v) is 24.1. The van der Waals surface area contributed by atoms with Crippen molar-refractivity contribution in [1.82, 2.24) is 43.6 Å². The lowest BCUT2D eigenvalue weighted by Crippen LogP contribution is -2.03. The Balaban J connectivity index is 0.000000105. The number of hydrogen-bond acceptors (Lipinski definition) is 9. The van der Waals surface area contributed by atoms with Crippen LogP contribution >= 0.6 is 34.0 Å². The summed E-state index contributed by atoms with van der Waals surface area (Å²) >= 11 is 5.48. The minimum atomic E-state index is 0.708. The third kappa shape index (κ3) is 13.6. The van der Waals surface area contributed by atoms with Crippen molar-refractivity contribution in [3.63, 3.8) is 0 Å². The molecule has 0 N–H and O–H groups in total. The van der Waals surface area contributed by atoms with Crippen LogP contribution < -0.4 is 0 Å². The van der Waals surface area contributed by atoms with Gasteiger partial charge in [-0.15, -0.1) is 34.0 Å². The number of aromatic nitrogens is 9. The van der Waals surface area contributed by atoms with Crippen LogP contribution in [-0.2, 0) is 0 Å². The predicted octanol–water partition coefficient (Wildman–Crippen LogP) is 34.6. The number of benzene rings is 20. The Morgan fingerprint density at radius 1 is 0.152 bits per heavy atom. The van der Waals surface area contributed by atoms with E-state index < -0.39 is 0 Å². The molecule has 0 aliphatic carbocycles. The van der Waals surface area contributed by atoms with Gasteiger partial charge >= 0.3 is 0 Å². The van der Waals surface area contributed by atoms with Crippen molar-refractivity contribution < 1.29 is 0 Å². The number of para-hydroxylation sites is 6. The average Bonchev–Trinajstić information content (AvgIpc) is 1.54. The van der Waals surface area contributed by atoms with Gasteiger partial charge in [0.25, 0.3) is 0 Å². The molecule has 29 rings (SSSR count). The lowest BCUT2D eigenvalue weighted by atomic mass is 9.98. The summed E-state index contributed by atoms with van der Waals surface area (Å²) in [4.78, 5) is 32.0. The second-order valence-electron chi connectivity index (χ2n) is 35.0. The van der Waals surface area contributed by atoms with E-state index in [0.29, 0.717) is 5.82 Å². The van der Waals surface area contributed by atoms with Crippen LogP contribution in [0, 0.1) is 0 Å². The van der Waals surface area contributed by atoms with Gasteiger partial charge in [0.2, 0.25) is 0 Å². The second-order valence-corrected chi connectivity index (χ2v) is 38.3. The van der Waals surface area contributed by atoms with Crippen molar-refractivity contribution in [1.29, 1.82) is 0 Å². The van der Waals surface area contributed by atoms with Crippen molar-refractivity contribution in [3.05, 3.63) is 467 Å². The highest BCUT2D eigenvalue weighted by molar-refractivity contribution is 7.27. The van der Waals surface area contributed by atoms with Crippen LogP contribution in [0.2, 0.25) is 0 Å². The molecular formula is C126H77N9S3. The highest BCUT2D eigenvalue weighted by Crippen LogP contribution is 2.49. The Labute approximate surface area is 804 Å². The molecule has 644 valence electrons. The van der Waals surface area contributed by atoms with E-state index in [2.05, 4.69) is 481 Å². The van der Waals surface area contributed by atoms with Crippen molar-refractivity contribution >= 4 is 193 Å². The molecule has 9 heterocycles. The summed E-state index contributed by atoms with van der Waals surface area (Å²) in [5, 5.41) is 17.9. The quantitative estimate of drug-likeness (QED) is 0.128. The van der Waals surface area contributed by atoms with Gasteiger partial charge in [-0.3, -0.25) is 4.57 Å². The summed E-state index contributed by atoms with van der Waals surface area (Å²) in [7, 11) is 0. The van der Waals surface area contributed by atoms with E-state index in [1.54, 1.807) is 0 Å². The number of rotatable bonds is 11. The van der Waals surface area contributed by atoms with Crippen LogP contribution in [0.15, 0.2) is 467 Å². The molecular weight excluding hydrogens is 1740 g/mol. The first kappa shape index (κ1) is 80.2. The Hall–Kier alpha value is -17.5. The molecule has 9 nitrogen and oxygen atoms in total. The molecule has 0 amide bonds. The molecule has 9 aromatic heterocycles.